The Kier molecular flexibility index (Phi) is 4.69. The maximum atomic E-state index is 12.8. The Balaban J connectivity index is 1.67. The molecule has 120 valence electrons. The largest absolute Gasteiger partial charge is 0.310 e. The number of rotatable bonds is 4. The highest BCUT2D eigenvalue weighted by Crippen LogP contribution is 2.28. The molecule has 0 unspecified atom stereocenters. The topological polar surface area (TPSA) is 32.3 Å². The molecule has 0 aromatic heterocycles. The van der Waals surface area contributed by atoms with Crippen molar-refractivity contribution in [2.75, 3.05) is 11.4 Å². The summed E-state index contributed by atoms with van der Waals surface area (Å²) >= 11 is 5.93. The van der Waals surface area contributed by atoms with Gasteiger partial charge in [-0.15, -0.1) is 0 Å². The van der Waals surface area contributed by atoms with Crippen LogP contribution in [-0.2, 0) is 11.2 Å². The molecule has 2 aromatic carbocycles. The molecule has 2 atom stereocenters. The number of nitrogens with zero attached hydrogens (tertiary/aromatic N) is 1. The molecule has 4 heteroatoms. The van der Waals surface area contributed by atoms with Gasteiger partial charge in [0.1, 0.15) is 0 Å². The van der Waals surface area contributed by atoms with Crippen molar-refractivity contribution in [3.8, 4) is 0 Å². The average Bonchev–Trinajstić information content (AvgIpc) is 2.98. The average molecular weight is 329 g/mol. The highest BCUT2D eigenvalue weighted by molar-refractivity contribution is 6.30. The molecular weight excluding hydrogens is 308 g/mol. The number of carbonyl (C=O) groups is 1. The number of hydrogen-bond acceptors (Lipinski definition) is 2. The third-order valence-electron chi connectivity index (χ3n) is 4.39. The molecule has 1 amide bonds. The molecule has 23 heavy (non-hydrogen) atoms. The molecule has 0 bridgehead atoms. The lowest BCUT2D eigenvalue weighted by Crippen LogP contribution is -2.45. The van der Waals surface area contributed by atoms with Crippen LogP contribution in [0.3, 0.4) is 0 Å². The summed E-state index contributed by atoms with van der Waals surface area (Å²) in [6, 6.07) is 15.7. The molecule has 0 aliphatic carbocycles. The van der Waals surface area contributed by atoms with E-state index in [4.69, 9.17) is 11.6 Å². The Morgan fingerprint density at radius 1 is 1.13 bits per heavy atom. The molecule has 0 saturated heterocycles. The van der Waals surface area contributed by atoms with Crippen LogP contribution in [0.4, 0.5) is 5.69 Å². The van der Waals surface area contributed by atoms with Gasteiger partial charge in [-0.1, -0.05) is 41.9 Å². The third kappa shape index (κ3) is 3.41. The van der Waals surface area contributed by atoms with Crippen LogP contribution in [0.1, 0.15) is 31.0 Å². The van der Waals surface area contributed by atoms with Gasteiger partial charge in [0.05, 0.1) is 6.04 Å². The van der Waals surface area contributed by atoms with E-state index in [1.54, 1.807) is 0 Å². The van der Waals surface area contributed by atoms with E-state index >= 15 is 0 Å². The number of carbonyl (C=O) groups excluding carboxylic acids is 1. The SMILES string of the molecule is C[C@H](N[C@H](C)C(=O)N1CCc2ccccc21)c1ccc(Cl)cc1. The van der Waals surface area contributed by atoms with Gasteiger partial charge in [-0.05, 0) is 49.6 Å². The smallest absolute Gasteiger partial charge is 0.243 e. The molecule has 1 heterocycles. The van der Waals surface area contributed by atoms with Gasteiger partial charge in [0.2, 0.25) is 5.91 Å². The minimum atomic E-state index is -0.244. The van der Waals surface area contributed by atoms with Gasteiger partial charge in [0, 0.05) is 23.3 Å². The number of para-hydroxylation sites is 1. The van der Waals surface area contributed by atoms with Gasteiger partial charge in [0.25, 0.3) is 0 Å². The van der Waals surface area contributed by atoms with Crippen LogP contribution in [0, 0.1) is 0 Å². The first-order valence-electron chi connectivity index (χ1n) is 7.97. The molecule has 3 nitrogen and oxygen atoms in total. The van der Waals surface area contributed by atoms with Crippen LogP contribution >= 0.6 is 11.6 Å². The van der Waals surface area contributed by atoms with Crippen LogP contribution < -0.4 is 10.2 Å². The van der Waals surface area contributed by atoms with Gasteiger partial charge in [-0.2, -0.15) is 0 Å². The van der Waals surface area contributed by atoms with Crippen molar-refractivity contribution in [1.82, 2.24) is 5.32 Å². The first kappa shape index (κ1) is 16.0. The predicted molar refractivity (Wildman–Crippen MR) is 95.0 cm³/mol. The van der Waals surface area contributed by atoms with E-state index in [9.17, 15) is 4.79 Å². The zero-order valence-electron chi connectivity index (χ0n) is 13.4. The molecule has 0 spiro atoms. The molecule has 0 fully saturated rings. The van der Waals surface area contributed by atoms with Crippen LogP contribution in [0.15, 0.2) is 48.5 Å². The summed E-state index contributed by atoms with van der Waals surface area (Å²) < 4.78 is 0. The summed E-state index contributed by atoms with van der Waals surface area (Å²) in [6.45, 7) is 4.75. The summed E-state index contributed by atoms with van der Waals surface area (Å²) in [6.07, 6.45) is 0.932. The molecule has 1 aliphatic rings. The maximum Gasteiger partial charge on any atom is 0.243 e. The Bertz CT molecular complexity index is 699. The Labute approximate surface area is 142 Å². The van der Waals surface area contributed by atoms with E-state index in [1.165, 1.54) is 5.56 Å². The van der Waals surface area contributed by atoms with Gasteiger partial charge >= 0.3 is 0 Å². The van der Waals surface area contributed by atoms with E-state index in [-0.39, 0.29) is 18.0 Å². The number of anilines is 1. The summed E-state index contributed by atoms with van der Waals surface area (Å²) in [7, 11) is 0. The van der Waals surface area contributed by atoms with E-state index < -0.39 is 0 Å². The molecule has 2 aromatic rings. The highest BCUT2D eigenvalue weighted by atomic mass is 35.5. The van der Waals surface area contributed by atoms with Crippen molar-refractivity contribution in [2.45, 2.75) is 32.4 Å². The molecular formula is C19H21ClN2O. The minimum Gasteiger partial charge on any atom is -0.310 e. The first-order valence-corrected chi connectivity index (χ1v) is 8.35. The first-order chi connectivity index (χ1) is 11.1. The quantitative estimate of drug-likeness (QED) is 0.921. The van der Waals surface area contributed by atoms with Gasteiger partial charge in [-0.25, -0.2) is 0 Å². The predicted octanol–water partition coefficient (Wildman–Crippen LogP) is 3.97. The molecule has 0 radical (unpaired) electrons. The van der Waals surface area contributed by atoms with Crippen LogP contribution in [0.2, 0.25) is 5.02 Å². The van der Waals surface area contributed by atoms with Crippen LogP contribution in [0.5, 0.6) is 0 Å². The van der Waals surface area contributed by atoms with Crippen molar-refractivity contribution in [3.05, 3.63) is 64.7 Å². The summed E-state index contributed by atoms with van der Waals surface area (Å²) in [5, 5.41) is 4.11. The number of hydrogen-bond donors (Lipinski definition) is 1. The second kappa shape index (κ2) is 6.73. The Morgan fingerprint density at radius 2 is 1.83 bits per heavy atom. The number of amides is 1. The fraction of sp³-hybridized carbons (Fsp3) is 0.316. The molecule has 0 saturated carbocycles. The second-order valence-electron chi connectivity index (χ2n) is 6.03. The lowest BCUT2D eigenvalue weighted by molar-refractivity contribution is -0.120. The zero-order valence-corrected chi connectivity index (χ0v) is 14.2. The number of fused-ring (bicyclic) bond motifs is 1. The third-order valence-corrected chi connectivity index (χ3v) is 4.65. The van der Waals surface area contributed by atoms with E-state index in [0.717, 1.165) is 29.2 Å². The van der Waals surface area contributed by atoms with Crippen molar-refractivity contribution < 1.29 is 4.79 Å². The molecule has 1 aliphatic heterocycles. The standard InChI is InChI=1S/C19H21ClN2O/c1-13(15-7-9-17(20)10-8-15)21-14(2)19(23)22-12-11-16-5-3-4-6-18(16)22/h3-10,13-14,21H,11-12H2,1-2H3/t13-,14+/m0/s1. The van der Waals surface area contributed by atoms with Crippen molar-refractivity contribution in [1.29, 1.82) is 0 Å². The monoisotopic (exact) mass is 328 g/mol. The number of halogens is 1. The number of benzene rings is 2. The van der Waals surface area contributed by atoms with Crippen LogP contribution in [0.25, 0.3) is 0 Å². The van der Waals surface area contributed by atoms with E-state index in [1.807, 2.05) is 54.3 Å². The Hall–Kier alpha value is -1.84. The summed E-state index contributed by atoms with van der Waals surface area (Å²) in [5.41, 5.74) is 3.42. The summed E-state index contributed by atoms with van der Waals surface area (Å²) in [4.78, 5) is 14.7. The highest BCUT2D eigenvalue weighted by Gasteiger charge is 2.28. The second-order valence-corrected chi connectivity index (χ2v) is 6.47. The molecule has 1 N–H and O–H groups in total. The lowest BCUT2D eigenvalue weighted by atomic mass is 10.1. The van der Waals surface area contributed by atoms with Crippen molar-refractivity contribution >= 4 is 23.2 Å². The van der Waals surface area contributed by atoms with Crippen molar-refractivity contribution in [2.24, 2.45) is 0 Å². The van der Waals surface area contributed by atoms with Crippen molar-refractivity contribution in [3.63, 3.8) is 0 Å². The summed E-state index contributed by atoms with van der Waals surface area (Å²) in [5.74, 6) is 0.121. The fourth-order valence-electron chi connectivity index (χ4n) is 3.09. The van der Waals surface area contributed by atoms with E-state index in [2.05, 4.69) is 18.3 Å². The maximum absolute atomic E-state index is 12.8. The van der Waals surface area contributed by atoms with Gasteiger partial charge < -0.3 is 4.90 Å². The van der Waals surface area contributed by atoms with Gasteiger partial charge in [0.15, 0.2) is 0 Å². The Morgan fingerprint density at radius 3 is 2.57 bits per heavy atom. The van der Waals surface area contributed by atoms with E-state index in [0.29, 0.717) is 0 Å². The molecule has 3 rings (SSSR count). The number of nitrogens with one attached hydrogen (secondary N) is 1. The van der Waals surface area contributed by atoms with Crippen LogP contribution in [-0.4, -0.2) is 18.5 Å². The lowest BCUT2D eigenvalue weighted by Gasteiger charge is -2.25. The zero-order chi connectivity index (χ0) is 16.4. The minimum absolute atomic E-state index is 0.0871. The fourth-order valence-corrected chi connectivity index (χ4v) is 3.22. The normalized spacial score (nSPS) is 16.0. The van der Waals surface area contributed by atoms with Gasteiger partial charge in [-0.3, -0.25) is 10.1 Å².